The number of ether oxygens (including phenoxy) is 1. The lowest BCUT2D eigenvalue weighted by Crippen LogP contribution is -2.39. The SMILES string of the molecule is CC1c2ccc(C(=O)O)cc2CCN1C(=O)OCC1c2ccccc2-c2ccccc21. The van der Waals surface area contributed by atoms with Crippen LogP contribution in [0.25, 0.3) is 11.1 Å². The second kappa shape index (κ2) is 7.58. The molecule has 0 saturated carbocycles. The first-order chi connectivity index (χ1) is 15.0. The van der Waals surface area contributed by atoms with Crippen LogP contribution >= 0.6 is 0 Å². The minimum Gasteiger partial charge on any atom is -0.478 e. The summed E-state index contributed by atoms with van der Waals surface area (Å²) in [7, 11) is 0. The molecule has 0 fully saturated rings. The van der Waals surface area contributed by atoms with Crippen LogP contribution in [-0.2, 0) is 11.2 Å². The Balaban J connectivity index is 1.33. The van der Waals surface area contributed by atoms with Crippen LogP contribution in [0.2, 0.25) is 0 Å². The van der Waals surface area contributed by atoms with Crippen molar-refractivity contribution in [3.05, 3.63) is 94.5 Å². The number of hydrogen-bond acceptors (Lipinski definition) is 3. The Morgan fingerprint density at radius 3 is 2.26 bits per heavy atom. The molecule has 1 aliphatic heterocycles. The van der Waals surface area contributed by atoms with Gasteiger partial charge in [0, 0.05) is 12.5 Å². The first-order valence-corrected chi connectivity index (χ1v) is 10.5. The second-order valence-corrected chi connectivity index (χ2v) is 8.14. The maximum atomic E-state index is 13.0. The molecule has 0 aromatic heterocycles. The summed E-state index contributed by atoms with van der Waals surface area (Å²) in [4.78, 5) is 26.0. The third-order valence-corrected chi connectivity index (χ3v) is 6.50. The highest BCUT2D eigenvalue weighted by molar-refractivity contribution is 5.88. The lowest BCUT2D eigenvalue weighted by atomic mass is 9.92. The highest BCUT2D eigenvalue weighted by atomic mass is 16.6. The van der Waals surface area contributed by atoms with Crippen LogP contribution in [-0.4, -0.2) is 35.2 Å². The monoisotopic (exact) mass is 413 g/mol. The normalized spacial score (nSPS) is 16.9. The molecule has 156 valence electrons. The third-order valence-electron chi connectivity index (χ3n) is 6.50. The van der Waals surface area contributed by atoms with E-state index in [1.54, 1.807) is 17.0 Å². The van der Waals surface area contributed by atoms with Gasteiger partial charge in [0.25, 0.3) is 0 Å². The topological polar surface area (TPSA) is 66.8 Å². The molecule has 1 unspecified atom stereocenters. The van der Waals surface area contributed by atoms with E-state index in [1.165, 1.54) is 22.3 Å². The van der Waals surface area contributed by atoms with E-state index < -0.39 is 5.97 Å². The van der Waals surface area contributed by atoms with Crippen molar-refractivity contribution in [1.29, 1.82) is 0 Å². The van der Waals surface area contributed by atoms with Gasteiger partial charge in [-0.05, 0) is 58.9 Å². The molecule has 1 heterocycles. The van der Waals surface area contributed by atoms with E-state index in [1.807, 2.05) is 37.3 Å². The fraction of sp³-hybridized carbons (Fsp3) is 0.231. The highest BCUT2D eigenvalue weighted by Gasteiger charge is 2.32. The average molecular weight is 413 g/mol. The molecule has 1 N–H and O–H groups in total. The first-order valence-electron chi connectivity index (χ1n) is 10.5. The molecule has 3 aromatic rings. The standard InChI is InChI=1S/C26H23NO4/c1-16-19-11-10-18(25(28)29)14-17(19)12-13-27(16)26(30)31-15-24-22-8-4-2-6-20(22)21-7-3-5-9-23(21)24/h2-11,14,16,24H,12-13,15H2,1H3,(H,28,29). The van der Waals surface area contributed by atoms with Crippen LogP contribution < -0.4 is 0 Å². The molecule has 0 radical (unpaired) electrons. The number of hydrogen-bond donors (Lipinski definition) is 1. The van der Waals surface area contributed by atoms with Gasteiger partial charge in [-0.25, -0.2) is 9.59 Å². The molecule has 0 spiro atoms. The molecular formula is C26H23NO4. The van der Waals surface area contributed by atoms with Gasteiger partial charge in [-0.15, -0.1) is 0 Å². The molecule has 0 saturated heterocycles. The Morgan fingerprint density at radius 2 is 1.61 bits per heavy atom. The van der Waals surface area contributed by atoms with Gasteiger partial charge in [0.15, 0.2) is 0 Å². The van der Waals surface area contributed by atoms with Crippen LogP contribution in [0.1, 0.15) is 51.5 Å². The van der Waals surface area contributed by atoms with Crippen molar-refractivity contribution >= 4 is 12.1 Å². The fourth-order valence-electron chi connectivity index (χ4n) is 4.89. The van der Waals surface area contributed by atoms with Crippen molar-refractivity contribution < 1.29 is 19.4 Å². The zero-order valence-electron chi connectivity index (χ0n) is 17.2. The van der Waals surface area contributed by atoms with Crippen LogP contribution in [0.15, 0.2) is 66.7 Å². The first kappa shape index (κ1) is 19.4. The Morgan fingerprint density at radius 1 is 0.968 bits per heavy atom. The van der Waals surface area contributed by atoms with Crippen molar-refractivity contribution in [2.75, 3.05) is 13.2 Å². The van der Waals surface area contributed by atoms with E-state index >= 15 is 0 Å². The van der Waals surface area contributed by atoms with E-state index in [2.05, 4.69) is 24.3 Å². The summed E-state index contributed by atoms with van der Waals surface area (Å²) in [5.41, 5.74) is 7.02. The van der Waals surface area contributed by atoms with E-state index in [0.717, 1.165) is 11.1 Å². The van der Waals surface area contributed by atoms with E-state index in [0.29, 0.717) is 19.6 Å². The van der Waals surface area contributed by atoms with Gasteiger partial charge in [-0.2, -0.15) is 0 Å². The van der Waals surface area contributed by atoms with Crippen molar-refractivity contribution in [3.63, 3.8) is 0 Å². The van der Waals surface area contributed by atoms with E-state index in [9.17, 15) is 14.7 Å². The summed E-state index contributed by atoms with van der Waals surface area (Å²) in [5.74, 6) is -0.906. The number of benzene rings is 3. The van der Waals surface area contributed by atoms with Crippen molar-refractivity contribution in [2.24, 2.45) is 0 Å². The summed E-state index contributed by atoms with van der Waals surface area (Å²) in [5, 5.41) is 9.22. The maximum absolute atomic E-state index is 13.0. The van der Waals surface area contributed by atoms with Gasteiger partial charge in [0.2, 0.25) is 0 Å². The largest absolute Gasteiger partial charge is 0.478 e. The summed E-state index contributed by atoms with van der Waals surface area (Å²) in [6, 6.07) is 21.5. The van der Waals surface area contributed by atoms with Crippen LogP contribution in [0.4, 0.5) is 4.79 Å². The second-order valence-electron chi connectivity index (χ2n) is 8.14. The highest BCUT2D eigenvalue weighted by Crippen LogP contribution is 2.44. The quantitative estimate of drug-likeness (QED) is 0.637. The van der Waals surface area contributed by atoms with Crippen LogP contribution in [0, 0.1) is 0 Å². The van der Waals surface area contributed by atoms with Crippen molar-refractivity contribution in [2.45, 2.75) is 25.3 Å². The van der Waals surface area contributed by atoms with Gasteiger partial charge in [0.05, 0.1) is 11.6 Å². The zero-order valence-corrected chi connectivity index (χ0v) is 17.2. The molecule has 1 amide bonds. The predicted molar refractivity (Wildman–Crippen MR) is 117 cm³/mol. The maximum Gasteiger partial charge on any atom is 0.410 e. The van der Waals surface area contributed by atoms with E-state index in [-0.39, 0.29) is 23.6 Å². The van der Waals surface area contributed by atoms with Crippen molar-refractivity contribution in [3.8, 4) is 11.1 Å². The number of carbonyl (C=O) groups is 2. The zero-order chi connectivity index (χ0) is 21.5. The fourth-order valence-corrected chi connectivity index (χ4v) is 4.89. The van der Waals surface area contributed by atoms with Crippen LogP contribution in [0.5, 0.6) is 0 Å². The molecule has 5 rings (SSSR count). The van der Waals surface area contributed by atoms with Crippen molar-refractivity contribution in [1.82, 2.24) is 4.90 Å². The van der Waals surface area contributed by atoms with E-state index in [4.69, 9.17) is 4.74 Å². The molecule has 5 nitrogen and oxygen atoms in total. The predicted octanol–water partition coefficient (Wildman–Crippen LogP) is 5.25. The Kier molecular flexibility index (Phi) is 4.74. The van der Waals surface area contributed by atoms with Gasteiger partial charge >= 0.3 is 12.1 Å². The number of nitrogens with zero attached hydrogens (tertiary/aromatic N) is 1. The Hall–Kier alpha value is -3.60. The smallest absolute Gasteiger partial charge is 0.410 e. The Bertz CT molecular complexity index is 1140. The lowest BCUT2D eigenvalue weighted by Gasteiger charge is -2.34. The van der Waals surface area contributed by atoms with Gasteiger partial charge in [0.1, 0.15) is 6.61 Å². The number of aromatic carboxylic acids is 1. The number of fused-ring (bicyclic) bond motifs is 4. The molecule has 5 heteroatoms. The summed E-state index contributed by atoms with van der Waals surface area (Å²) >= 11 is 0. The summed E-state index contributed by atoms with van der Waals surface area (Å²) < 4.78 is 5.82. The molecule has 2 aliphatic rings. The molecular weight excluding hydrogens is 390 g/mol. The minimum absolute atomic E-state index is 0.0295. The Labute approximate surface area is 180 Å². The van der Waals surface area contributed by atoms with Crippen LogP contribution in [0.3, 0.4) is 0 Å². The number of carbonyl (C=O) groups excluding carboxylic acids is 1. The molecule has 1 aliphatic carbocycles. The van der Waals surface area contributed by atoms with Gasteiger partial charge in [-0.3, -0.25) is 0 Å². The van der Waals surface area contributed by atoms with Gasteiger partial charge < -0.3 is 14.7 Å². The third kappa shape index (κ3) is 3.26. The average Bonchev–Trinajstić information content (AvgIpc) is 3.11. The molecule has 31 heavy (non-hydrogen) atoms. The number of amides is 1. The minimum atomic E-state index is -0.936. The number of carboxylic acids is 1. The van der Waals surface area contributed by atoms with Gasteiger partial charge in [-0.1, -0.05) is 54.6 Å². The molecule has 1 atom stereocenters. The molecule has 3 aromatic carbocycles. The summed E-state index contributed by atoms with van der Waals surface area (Å²) in [6.45, 7) is 2.76. The summed E-state index contributed by atoms with van der Waals surface area (Å²) in [6.07, 6.45) is 0.285. The lowest BCUT2D eigenvalue weighted by molar-refractivity contribution is 0.0694. The molecule has 0 bridgehead atoms. The number of carboxylic acid groups (broad SMARTS) is 1. The number of rotatable bonds is 3.